The van der Waals surface area contributed by atoms with Crippen LogP contribution in [-0.2, 0) is 0 Å². The molecule has 1 saturated carbocycles. The summed E-state index contributed by atoms with van der Waals surface area (Å²) in [5.41, 5.74) is 9.58. The van der Waals surface area contributed by atoms with E-state index >= 15 is 0 Å². The van der Waals surface area contributed by atoms with Crippen molar-refractivity contribution < 1.29 is 0 Å². The van der Waals surface area contributed by atoms with Crippen LogP contribution in [0.2, 0.25) is 0 Å². The number of nitrogens with zero attached hydrogens (tertiary/aromatic N) is 2. The summed E-state index contributed by atoms with van der Waals surface area (Å²) in [6.45, 7) is 4.43. The third kappa shape index (κ3) is 1.61. The molecule has 0 spiro atoms. The number of fused-ring (bicyclic) bond motifs is 1. The van der Waals surface area contributed by atoms with E-state index in [0.29, 0.717) is 17.9 Å². The number of imidazole rings is 1. The second kappa shape index (κ2) is 3.76. The minimum absolute atomic E-state index is 0.529. The number of hydrogen-bond acceptors (Lipinski definition) is 2. The highest BCUT2D eigenvalue weighted by Gasteiger charge is 2.27. The number of benzene rings is 1. The molecular weight excluding hydrogens is 210 g/mol. The fourth-order valence-electron chi connectivity index (χ4n) is 3.08. The first-order valence-corrected chi connectivity index (χ1v) is 6.41. The molecule has 1 heterocycles. The molecule has 1 fully saturated rings. The standard InChI is InChI=1S/C14H19N3/c1-9-6-7-11-13(8-9)17(14(15)16-11)12-5-3-4-10(12)2/h6-8,10,12H,3-5H2,1-2H3,(H2,15,16). The van der Waals surface area contributed by atoms with E-state index in [1.807, 2.05) is 0 Å². The van der Waals surface area contributed by atoms with Crippen molar-refractivity contribution >= 4 is 17.0 Å². The third-order valence-corrected chi connectivity index (χ3v) is 4.02. The largest absolute Gasteiger partial charge is 0.369 e. The summed E-state index contributed by atoms with van der Waals surface area (Å²) in [7, 11) is 0. The van der Waals surface area contributed by atoms with Crippen molar-refractivity contribution in [2.45, 2.75) is 39.2 Å². The van der Waals surface area contributed by atoms with Gasteiger partial charge in [-0.3, -0.25) is 0 Å². The van der Waals surface area contributed by atoms with Gasteiger partial charge >= 0.3 is 0 Å². The Kier molecular flexibility index (Phi) is 2.35. The lowest BCUT2D eigenvalue weighted by molar-refractivity contribution is 0.421. The smallest absolute Gasteiger partial charge is 0.201 e. The van der Waals surface area contributed by atoms with Gasteiger partial charge in [-0.25, -0.2) is 4.98 Å². The molecule has 3 heteroatoms. The molecule has 2 atom stereocenters. The fourth-order valence-corrected chi connectivity index (χ4v) is 3.08. The number of nitrogen functional groups attached to an aromatic ring is 1. The molecule has 2 N–H and O–H groups in total. The monoisotopic (exact) mass is 229 g/mol. The quantitative estimate of drug-likeness (QED) is 0.815. The summed E-state index contributed by atoms with van der Waals surface area (Å²) in [4.78, 5) is 4.47. The summed E-state index contributed by atoms with van der Waals surface area (Å²) in [6, 6.07) is 6.89. The van der Waals surface area contributed by atoms with Gasteiger partial charge in [0, 0.05) is 6.04 Å². The van der Waals surface area contributed by atoms with Gasteiger partial charge in [0.05, 0.1) is 11.0 Å². The maximum atomic E-state index is 6.10. The van der Waals surface area contributed by atoms with Crippen molar-refractivity contribution in [3.05, 3.63) is 23.8 Å². The molecule has 2 aromatic rings. The van der Waals surface area contributed by atoms with Gasteiger partial charge in [-0.1, -0.05) is 19.4 Å². The maximum Gasteiger partial charge on any atom is 0.201 e. The normalized spacial score (nSPS) is 24.6. The molecule has 1 aliphatic rings. The van der Waals surface area contributed by atoms with Gasteiger partial charge in [-0.15, -0.1) is 0 Å². The van der Waals surface area contributed by atoms with E-state index in [1.54, 1.807) is 0 Å². The van der Waals surface area contributed by atoms with Crippen LogP contribution in [0.5, 0.6) is 0 Å². The van der Waals surface area contributed by atoms with E-state index in [2.05, 4.69) is 41.6 Å². The topological polar surface area (TPSA) is 43.8 Å². The molecule has 0 aliphatic heterocycles. The molecule has 1 aromatic heterocycles. The molecule has 17 heavy (non-hydrogen) atoms. The molecule has 1 aromatic carbocycles. The minimum atomic E-state index is 0.529. The Labute approximate surface area is 102 Å². The lowest BCUT2D eigenvalue weighted by Gasteiger charge is -2.19. The van der Waals surface area contributed by atoms with Gasteiger partial charge in [-0.05, 0) is 43.4 Å². The highest BCUT2D eigenvalue weighted by Crippen LogP contribution is 2.38. The van der Waals surface area contributed by atoms with Crippen LogP contribution in [0.4, 0.5) is 5.95 Å². The van der Waals surface area contributed by atoms with E-state index in [4.69, 9.17) is 5.73 Å². The van der Waals surface area contributed by atoms with Gasteiger partial charge in [-0.2, -0.15) is 0 Å². The van der Waals surface area contributed by atoms with Crippen LogP contribution in [0, 0.1) is 12.8 Å². The molecular formula is C14H19N3. The first-order valence-electron chi connectivity index (χ1n) is 6.41. The molecule has 3 rings (SSSR count). The van der Waals surface area contributed by atoms with Gasteiger partial charge in [0.2, 0.25) is 5.95 Å². The van der Waals surface area contributed by atoms with Crippen molar-refractivity contribution in [1.82, 2.24) is 9.55 Å². The second-order valence-corrected chi connectivity index (χ2v) is 5.31. The number of hydrogen-bond donors (Lipinski definition) is 1. The van der Waals surface area contributed by atoms with E-state index in [1.165, 1.54) is 30.3 Å². The molecule has 0 bridgehead atoms. The number of anilines is 1. The van der Waals surface area contributed by atoms with Gasteiger partial charge in [0.15, 0.2) is 0 Å². The van der Waals surface area contributed by atoms with E-state index < -0.39 is 0 Å². The zero-order valence-electron chi connectivity index (χ0n) is 10.5. The Morgan fingerprint density at radius 3 is 2.88 bits per heavy atom. The van der Waals surface area contributed by atoms with Gasteiger partial charge < -0.3 is 10.3 Å². The van der Waals surface area contributed by atoms with Crippen molar-refractivity contribution in [3.8, 4) is 0 Å². The first kappa shape index (κ1) is 10.6. The first-order chi connectivity index (χ1) is 8.16. The molecule has 0 saturated heterocycles. The average molecular weight is 229 g/mol. The lowest BCUT2D eigenvalue weighted by atomic mass is 10.1. The molecule has 2 unspecified atom stereocenters. The van der Waals surface area contributed by atoms with Crippen LogP contribution in [-0.4, -0.2) is 9.55 Å². The highest BCUT2D eigenvalue weighted by molar-refractivity contribution is 5.79. The number of rotatable bonds is 1. The van der Waals surface area contributed by atoms with Crippen molar-refractivity contribution in [2.24, 2.45) is 5.92 Å². The van der Waals surface area contributed by atoms with Crippen LogP contribution in [0.25, 0.3) is 11.0 Å². The Morgan fingerprint density at radius 1 is 1.35 bits per heavy atom. The van der Waals surface area contributed by atoms with E-state index in [9.17, 15) is 0 Å². The van der Waals surface area contributed by atoms with Gasteiger partial charge in [0.1, 0.15) is 0 Å². The molecule has 0 radical (unpaired) electrons. The SMILES string of the molecule is Cc1ccc2nc(N)n(C3CCCC3C)c2c1. The van der Waals surface area contributed by atoms with Crippen LogP contribution < -0.4 is 5.73 Å². The maximum absolute atomic E-state index is 6.10. The fraction of sp³-hybridized carbons (Fsp3) is 0.500. The van der Waals surface area contributed by atoms with Crippen LogP contribution in [0.1, 0.15) is 37.8 Å². The summed E-state index contributed by atoms with van der Waals surface area (Å²) in [6.07, 6.45) is 3.83. The second-order valence-electron chi connectivity index (χ2n) is 5.31. The van der Waals surface area contributed by atoms with E-state index in [-0.39, 0.29) is 0 Å². The van der Waals surface area contributed by atoms with Crippen LogP contribution >= 0.6 is 0 Å². The molecule has 1 aliphatic carbocycles. The Hall–Kier alpha value is -1.51. The van der Waals surface area contributed by atoms with Gasteiger partial charge in [0.25, 0.3) is 0 Å². The minimum Gasteiger partial charge on any atom is -0.369 e. The summed E-state index contributed by atoms with van der Waals surface area (Å²) in [5, 5.41) is 0. The molecule has 90 valence electrons. The Bertz CT molecular complexity index is 556. The highest BCUT2D eigenvalue weighted by atomic mass is 15.2. The zero-order chi connectivity index (χ0) is 12.0. The summed E-state index contributed by atoms with van der Waals surface area (Å²) < 4.78 is 2.25. The molecule has 3 nitrogen and oxygen atoms in total. The Balaban J connectivity index is 2.20. The van der Waals surface area contributed by atoms with E-state index in [0.717, 1.165) is 5.52 Å². The molecule has 0 amide bonds. The number of aryl methyl sites for hydroxylation is 1. The predicted molar refractivity (Wildman–Crippen MR) is 70.9 cm³/mol. The average Bonchev–Trinajstić information content (AvgIpc) is 2.81. The van der Waals surface area contributed by atoms with Crippen molar-refractivity contribution in [2.75, 3.05) is 5.73 Å². The van der Waals surface area contributed by atoms with Crippen molar-refractivity contribution in [1.29, 1.82) is 0 Å². The van der Waals surface area contributed by atoms with Crippen LogP contribution in [0.15, 0.2) is 18.2 Å². The third-order valence-electron chi connectivity index (χ3n) is 4.02. The summed E-state index contributed by atoms with van der Waals surface area (Å²) in [5.74, 6) is 1.37. The Morgan fingerprint density at radius 2 is 2.18 bits per heavy atom. The number of aromatic nitrogens is 2. The van der Waals surface area contributed by atoms with Crippen molar-refractivity contribution in [3.63, 3.8) is 0 Å². The number of nitrogens with two attached hydrogens (primary N) is 1. The summed E-state index contributed by atoms with van der Waals surface area (Å²) >= 11 is 0. The lowest BCUT2D eigenvalue weighted by Crippen LogP contribution is -2.14. The predicted octanol–water partition coefficient (Wildman–Crippen LogP) is 3.29. The van der Waals surface area contributed by atoms with Crippen LogP contribution in [0.3, 0.4) is 0 Å². The zero-order valence-corrected chi connectivity index (χ0v) is 10.5.